The first-order chi connectivity index (χ1) is 10.1. The van der Waals surface area contributed by atoms with Crippen LogP contribution in [0.25, 0.3) is 11.0 Å². The van der Waals surface area contributed by atoms with Gasteiger partial charge in [0.2, 0.25) is 0 Å². The van der Waals surface area contributed by atoms with Gasteiger partial charge in [0.1, 0.15) is 5.76 Å². The molecule has 1 heterocycles. The summed E-state index contributed by atoms with van der Waals surface area (Å²) < 4.78 is 19.4. The highest BCUT2D eigenvalue weighted by atomic mass is 19.1. The van der Waals surface area contributed by atoms with E-state index in [1.807, 2.05) is 12.1 Å². The van der Waals surface area contributed by atoms with Crippen LogP contribution in [0.4, 0.5) is 4.39 Å². The average Bonchev–Trinajstić information content (AvgIpc) is 2.92. The third-order valence-corrected chi connectivity index (χ3v) is 5.11. The van der Waals surface area contributed by atoms with Crippen molar-refractivity contribution in [3.63, 3.8) is 0 Å². The van der Waals surface area contributed by atoms with Gasteiger partial charge in [0.05, 0.1) is 6.04 Å². The predicted octanol–water partition coefficient (Wildman–Crippen LogP) is 5.03. The minimum absolute atomic E-state index is 0.120. The van der Waals surface area contributed by atoms with E-state index >= 15 is 0 Å². The van der Waals surface area contributed by atoms with Gasteiger partial charge in [-0.15, -0.1) is 0 Å². The lowest BCUT2D eigenvalue weighted by Gasteiger charge is -2.33. The highest BCUT2D eigenvalue weighted by Crippen LogP contribution is 2.39. The lowest BCUT2D eigenvalue weighted by atomic mass is 9.74. The lowest BCUT2D eigenvalue weighted by Crippen LogP contribution is -2.27. The van der Waals surface area contributed by atoms with E-state index in [1.54, 1.807) is 6.07 Å². The van der Waals surface area contributed by atoms with Gasteiger partial charge in [-0.2, -0.15) is 0 Å². The Balaban J connectivity index is 1.75. The zero-order chi connectivity index (χ0) is 15.0. The first-order valence-corrected chi connectivity index (χ1v) is 7.99. The van der Waals surface area contributed by atoms with Crippen molar-refractivity contribution in [2.75, 3.05) is 0 Å². The third-order valence-electron chi connectivity index (χ3n) is 5.11. The van der Waals surface area contributed by atoms with Crippen molar-refractivity contribution in [3.8, 4) is 0 Å². The average molecular weight is 289 g/mol. The van der Waals surface area contributed by atoms with Crippen molar-refractivity contribution in [2.45, 2.75) is 45.6 Å². The summed E-state index contributed by atoms with van der Waals surface area (Å²) in [5, 5.41) is 0.802. The molecule has 0 saturated heterocycles. The molecule has 3 heteroatoms. The number of hydrogen-bond acceptors (Lipinski definition) is 2. The second kappa shape index (κ2) is 5.80. The molecule has 21 heavy (non-hydrogen) atoms. The van der Waals surface area contributed by atoms with Crippen molar-refractivity contribution in [2.24, 2.45) is 23.5 Å². The van der Waals surface area contributed by atoms with Crippen LogP contribution in [0.2, 0.25) is 0 Å². The maximum absolute atomic E-state index is 13.7. The molecule has 1 aromatic carbocycles. The van der Waals surface area contributed by atoms with Crippen molar-refractivity contribution >= 4 is 11.0 Å². The molecule has 1 aromatic heterocycles. The molecule has 0 radical (unpaired) electrons. The zero-order valence-corrected chi connectivity index (χ0v) is 12.8. The maximum atomic E-state index is 13.7. The topological polar surface area (TPSA) is 39.2 Å². The molecule has 1 fully saturated rings. The van der Waals surface area contributed by atoms with Gasteiger partial charge in [-0.3, -0.25) is 0 Å². The summed E-state index contributed by atoms with van der Waals surface area (Å²) >= 11 is 0. The number of nitrogens with two attached hydrogens (primary N) is 1. The molecule has 1 saturated carbocycles. The molecular weight excluding hydrogens is 265 g/mol. The summed E-state index contributed by atoms with van der Waals surface area (Å²) in [6.45, 7) is 4.60. The van der Waals surface area contributed by atoms with Crippen LogP contribution in [0.15, 0.2) is 28.7 Å². The fraction of sp³-hybridized carbons (Fsp3) is 0.556. The van der Waals surface area contributed by atoms with Crippen LogP contribution in [0.1, 0.15) is 51.3 Å². The van der Waals surface area contributed by atoms with E-state index in [-0.39, 0.29) is 11.9 Å². The Labute approximate surface area is 125 Å². The highest BCUT2D eigenvalue weighted by molar-refractivity contribution is 5.78. The van der Waals surface area contributed by atoms with Crippen LogP contribution in [0.3, 0.4) is 0 Å². The summed E-state index contributed by atoms with van der Waals surface area (Å²) in [5.41, 5.74) is 6.72. The Bertz CT molecular complexity index is 611. The van der Waals surface area contributed by atoms with Crippen LogP contribution in [-0.4, -0.2) is 0 Å². The van der Waals surface area contributed by atoms with Gasteiger partial charge in [-0.1, -0.05) is 26.0 Å². The van der Waals surface area contributed by atoms with Crippen molar-refractivity contribution < 1.29 is 8.81 Å². The number of para-hydroxylation sites is 1. The number of benzene rings is 1. The van der Waals surface area contributed by atoms with Crippen LogP contribution >= 0.6 is 0 Å². The fourth-order valence-electron chi connectivity index (χ4n) is 3.61. The van der Waals surface area contributed by atoms with Crippen molar-refractivity contribution in [3.05, 3.63) is 35.8 Å². The molecule has 2 N–H and O–H groups in total. The van der Waals surface area contributed by atoms with Gasteiger partial charge in [-0.25, -0.2) is 4.39 Å². The Morgan fingerprint density at radius 2 is 1.81 bits per heavy atom. The first kappa shape index (κ1) is 14.6. The third kappa shape index (κ3) is 2.84. The molecule has 1 aliphatic rings. The summed E-state index contributed by atoms with van der Waals surface area (Å²) in [5.74, 6) is 2.44. The van der Waals surface area contributed by atoms with E-state index in [9.17, 15) is 4.39 Å². The standard InChI is InChI=1S/C18H24FNO/c1-11(2)12-6-8-13(9-7-12)17(20)16-10-14-4-3-5-15(19)18(14)21-16/h3-5,10-13,17H,6-9,20H2,1-2H3. The van der Waals surface area contributed by atoms with E-state index < -0.39 is 0 Å². The van der Waals surface area contributed by atoms with E-state index in [1.165, 1.54) is 18.9 Å². The maximum Gasteiger partial charge on any atom is 0.169 e. The lowest BCUT2D eigenvalue weighted by molar-refractivity contribution is 0.195. The molecule has 0 amide bonds. The van der Waals surface area contributed by atoms with Crippen LogP contribution in [0.5, 0.6) is 0 Å². The molecule has 0 spiro atoms. The number of hydrogen-bond donors (Lipinski definition) is 1. The van der Waals surface area contributed by atoms with Crippen LogP contribution in [-0.2, 0) is 0 Å². The number of furan rings is 1. The van der Waals surface area contributed by atoms with Crippen molar-refractivity contribution in [1.82, 2.24) is 0 Å². The smallest absolute Gasteiger partial charge is 0.169 e. The van der Waals surface area contributed by atoms with E-state index in [2.05, 4.69) is 13.8 Å². The quantitative estimate of drug-likeness (QED) is 0.860. The number of rotatable bonds is 3. The molecule has 3 rings (SSSR count). The van der Waals surface area contributed by atoms with Gasteiger partial charge in [0.15, 0.2) is 11.4 Å². The molecule has 1 unspecified atom stereocenters. The summed E-state index contributed by atoms with van der Waals surface area (Å²) in [7, 11) is 0. The van der Waals surface area contributed by atoms with Gasteiger partial charge in [0.25, 0.3) is 0 Å². The Kier molecular flexibility index (Phi) is 4.03. The van der Waals surface area contributed by atoms with Crippen LogP contribution < -0.4 is 5.73 Å². The molecule has 1 atom stereocenters. The molecular formula is C18H24FNO. The second-order valence-electron chi connectivity index (χ2n) is 6.75. The van der Waals surface area contributed by atoms with E-state index in [0.29, 0.717) is 11.5 Å². The summed E-state index contributed by atoms with van der Waals surface area (Å²) in [6, 6.07) is 6.78. The Morgan fingerprint density at radius 3 is 2.43 bits per heavy atom. The summed E-state index contributed by atoms with van der Waals surface area (Å²) in [6.07, 6.45) is 4.77. The molecule has 1 aliphatic carbocycles. The van der Waals surface area contributed by atoms with E-state index in [4.69, 9.17) is 10.2 Å². The van der Waals surface area contributed by atoms with Gasteiger partial charge in [-0.05, 0) is 55.6 Å². The first-order valence-electron chi connectivity index (χ1n) is 7.99. The number of halogens is 1. The van der Waals surface area contributed by atoms with Gasteiger partial charge < -0.3 is 10.2 Å². The molecule has 0 aliphatic heterocycles. The largest absolute Gasteiger partial charge is 0.456 e. The minimum Gasteiger partial charge on any atom is -0.456 e. The summed E-state index contributed by atoms with van der Waals surface area (Å²) in [4.78, 5) is 0. The Hall–Kier alpha value is -1.35. The number of fused-ring (bicyclic) bond motifs is 1. The molecule has 0 bridgehead atoms. The second-order valence-corrected chi connectivity index (χ2v) is 6.75. The molecule has 114 valence electrons. The molecule has 2 aromatic rings. The van der Waals surface area contributed by atoms with Crippen molar-refractivity contribution in [1.29, 1.82) is 0 Å². The molecule has 2 nitrogen and oxygen atoms in total. The van der Waals surface area contributed by atoms with Gasteiger partial charge in [0, 0.05) is 5.39 Å². The monoisotopic (exact) mass is 289 g/mol. The highest BCUT2D eigenvalue weighted by Gasteiger charge is 2.29. The van der Waals surface area contributed by atoms with Crippen LogP contribution in [0, 0.1) is 23.6 Å². The predicted molar refractivity (Wildman–Crippen MR) is 83.4 cm³/mol. The van der Waals surface area contributed by atoms with E-state index in [0.717, 1.165) is 35.8 Å². The normalized spacial score (nSPS) is 24.6. The van der Waals surface area contributed by atoms with Gasteiger partial charge >= 0.3 is 0 Å². The zero-order valence-electron chi connectivity index (χ0n) is 12.8. The Morgan fingerprint density at radius 1 is 1.14 bits per heavy atom. The fourth-order valence-corrected chi connectivity index (χ4v) is 3.61. The SMILES string of the molecule is CC(C)C1CCC(C(N)c2cc3cccc(F)c3o2)CC1. The minimum atomic E-state index is -0.311.